The van der Waals surface area contributed by atoms with E-state index in [1.54, 1.807) is 0 Å². The smallest absolute Gasteiger partial charge is 0.0220 e. The molecule has 17 heavy (non-hydrogen) atoms. The number of nitrogens with one attached hydrogen (secondary N) is 1. The molecule has 1 rings (SSSR count). The summed E-state index contributed by atoms with van der Waals surface area (Å²) in [6, 6.07) is 0.705. The van der Waals surface area contributed by atoms with Gasteiger partial charge in [0.25, 0.3) is 0 Å². The zero-order valence-electron chi connectivity index (χ0n) is 12.4. The first-order valence-corrected chi connectivity index (χ1v) is 7.07. The quantitative estimate of drug-likeness (QED) is 0.660. The standard InChI is InChI=1S/C14H31N3/c1-12(2)10-17(9-8-16(4)5)11-14(15-3)13-6-7-13/h12-15H,6-11H2,1-5H3. The topological polar surface area (TPSA) is 18.5 Å². The first kappa shape index (κ1) is 14.9. The highest BCUT2D eigenvalue weighted by Crippen LogP contribution is 2.32. The van der Waals surface area contributed by atoms with E-state index in [1.165, 1.54) is 32.5 Å². The summed E-state index contributed by atoms with van der Waals surface area (Å²) in [5.41, 5.74) is 0. The van der Waals surface area contributed by atoms with Crippen LogP contribution in [0.1, 0.15) is 26.7 Å². The Balaban J connectivity index is 2.37. The highest BCUT2D eigenvalue weighted by molar-refractivity contribution is 4.87. The summed E-state index contributed by atoms with van der Waals surface area (Å²) in [5.74, 6) is 1.70. The molecule has 1 N–H and O–H groups in total. The van der Waals surface area contributed by atoms with Crippen molar-refractivity contribution in [1.29, 1.82) is 0 Å². The number of hydrogen-bond acceptors (Lipinski definition) is 3. The van der Waals surface area contributed by atoms with Crippen molar-refractivity contribution in [3.63, 3.8) is 0 Å². The van der Waals surface area contributed by atoms with Crippen LogP contribution in [-0.4, -0.2) is 63.2 Å². The van der Waals surface area contributed by atoms with Crippen molar-refractivity contribution in [2.75, 3.05) is 47.3 Å². The van der Waals surface area contributed by atoms with Gasteiger partial charge in [-0.15, -0.1) is 0 Å². The molecular formula is C14H31N3. The van der Waals surface area contributed by atoms with Crippen molar-refractivity contribution in [2.45, 2.75) is 32.7 Å². The summed E-state index contributed by atoms with van der Waals surface area (Å²) in [5, 5.41) is 3.50. The van der Waals surface area contributed by atoms with Crippen LogP contribution in [0.5, 0.6) is 0 Å². The summed E-state index contributed by atoms with van der Waals surface area (Å²) in [6.07, 6.45) is 2.85. The fourth-order valence-corrected chi connectivity index (χ4v) is 2.37. The minimum atomic E-state index is 0.705. The molecule has 0 bridgehead atoms. The van der Waals surface area contributed by atoms with E-state index in [0.29, 0.717) is 6.04 Å². The Hall–Kier alpha value is -0.120. The molecule has 1 unspecified atom stereocenters. The summed E-state index contributed by atoms with van der Waals surface area (Å²) in [6.45, 7) is 9.41. The van der Waals surface area contributed by atoms with Crippen LogP contribution in [0.4, 0.5) is 0 Å². The first-order valence-electron chi connectivity index (χ1n) is 7.07. The Morgan fingerprint density at radius 3 is 2.18 bits per heavy atom. The Morgan fingerprint density at radius 1 is 1.12 bits per heavy atom. The van der Waals surface area contributed by atoms with Crippen LogP contribution in [0.25, 0.3) is 0 Å². The van der Waals surface area contributed by atoms with Crippen LogP contribution in [0.2, 0.25) is 0 Å². The van der Waals surface area contributed by atoms with Gasteiger partial charge in [0, 0.05) is 32.2 Å². The fourth-order valence-electron chi connectivity index (χ4n) is 2.37. The maximum atomic E-state index is 3.50. The monoisotopic (exact) mass is 241 g/mol. The van der Waals surface area contributed by atoms with Gasteiger partial charge in [-0.3, -0.25) is 0 Å². The molecular weight excluding hydrogens is 210 g/mol. The SMILES string of the molecule is CNC(CN(CCN(C)C)CC(C)C)C1CC1. The van der Waals surface area contributed by atoms with E-state index in [1.807, 2.05) is 0 Å². The summed E-state index contributed by atoms with van der Waals surface area (Å²) in [4.78, 5) is 4.91. The van der Waals surface area contributed by atoms with E-state index in [-0.39, 0.29) is 0 Å². The van der Waals surface area contributed by atoms with Crippen molar-refractivity contribution in [1.82, 2.24) is 15.1 Å². The van der Waals surface area contributed by atoms with Gasteiger partial charge in [0.1, 0.15) is 0 Å². The van der Waals surface area contributed by atoms with Crippen LogP contribution in [0.3, 0.4) is 0 Å². The van der Waals surface area contributed by atoms with E-state index in [2.05, 4.69) is 50.1 Å². The second kappa shape index (κ2) is 7.34. The van der Waals surface area contributed by atoms with E-state index in [9.17, 15) is 0 Å². The van der Waals surface area contributed by atoms with Crippen LogP contribution in [0.15, 0.2) is 0 Å². The van der Waals surface area contributed by atoms with Gasteiger partial charge in [-0.05, 0) is 45.8 Å². The number of hydrogen-bond donors (Lipinski definition) is 1. The molecule has 3 nitrogen and oxygen atoms in total. The minimum absolute atomic E-state index is 0.705. The molecule has 1 atom stereocenters. The average Bonchev–Trinajstić information content (AvgIpc) is 3.04. The molecule has 0 aromatic heterocycles. The maximum Gasteiger partial charge on any atom is 0.0220 e. The predicted octanol–water partition coefficient (Wildman–Crippen LogP) is 1.50. The largest absolute Gasteiger partial charge is 0.315 e. The third kappa shape index (κ3) is 6.39. The maximum absolute atomic E-state index is 3.50. The molecule has 3 heteroatoms. The fraction of sp³-hybridized carbons (Fsp3) is 1.00. The normalized spacial score (nSPS) is 18.4. The van der Waals surface area contributed by atoms with Crippen LogP contribution < -0.4 is 5.32 Å². The molecule has 0 radical (unpaired) electrons. The molecule has 0 aromatic carbocycles. The first-order chi connectivity index (χ1) is 8.02. The molecule has 0 aliphatic heterocycles. The molecule has 0 heterocycles. The van der Waals surface area contributed by atoms with Gasteiger partial charge in [0.15, 0.2) is 0 Å². The lowest BCUT2D eigenvalue weighted by molar-refractivity contribution is 0.194. The lowest BCUT2D eigenvalue weighted by Gasteiger charge is -2.29. The van der Waals surface area contributed by atoms with Crippen LogP contribution in [0, 0.1) is 11.8 Å². The molecule has 0 aromatic rings. The molecule has 1 saturated carbocycles. The van der Waals surface area contributed by atoms with Crippen molar-refractivity contribution < 1.29 is 0 Å². The third-order valence-corrected chi connectivity index (χ3v) is 3.50. The molecule has 1 aliphatic carbocycles. The van der Waals surface area contributed by atoms with Gasteiger partial charge in [0.05, 0.1) is 0 Å². The average molecular weight is 241 g/mol. The van der Waals surface area contributed by atoms with Gasteiger partial charge < -0.3 is 15.1 Å². The molecule has 0 saturated heterocycles. The minimum Gasteiger partial charge on any atom is -0.315 e. The third-order valence-electron chi connectivity index (χ3n) is 3.50. The second-order valence-corrected chi connectivity index (χ2v) is 6.19. The Bertz CT molecular complexity index is 200. The van der Waals surface area contributed by atoms with E-state index >= 15 is 0 Å². The summed E-state index contributed by atoms with van der Waals surface area (Å²) >= 11 is 0. The van der Waals surface area contributed by atoms with Crippen molar-refractivity contribution in [3.8, 4) is 0 Å². The van der Waals surface area contributed by atoms with Gasteiger partial charge >= 0.3 is 0 Å². The highest BCUT2D eigenvalue weighted by atomic mass is 15.2. The van der Waals surface area contributed by atoms with Gasteiger partial charge in [-0.2, -0.15) is 0 Å². The van der Waals surface area contributed by atoms with Crippen molar-refractivity contribution >= 4 is 0 Å². The Labute approximate surface area is 108 Å². The highest BCUT2D eigenvalue weighted by Gasteiger charge is 2.31. The van der Waals surface area contributed by atoms with Crippen molar-refractivity contribution in [3.05, 3.63) is 0 Å². The zero-order valence-corrected chi connectivity index (χ0v) is 12.4. The van der Waals surface area contributed by atoms with Crippen LogP contribution in [-0.2, 0) is 0 Å². The zero-order chi connectivity index (χ0) is 12.8. The number of likely N-dealkylation sites (N-methyl/N-ethyl adjacent to an activating group) is 2. The second-order valence-electron chi connectivity index (χ2n) is 6.19. The van der Waals surface area contributed by atoms with E-state index in [0.717, 1.165) is 18.4 Å². The Morgan fingerprint density at radius 2 is 1.76 bits per heavy atom. The summed E-state index contributed by atoms with van der Waals surface area (Å²) in [7, 11) is 6.43. The molecule has 0 amide bonds. The lowest BCUT2D eigenvalue weighted by Crippen LogP contribution is -2.44. The van der Waals surface area contributed by atoms with E-state index < -0.39 is 0 Å². The van der Waals surface area contributed by atoms with Gasteiger partial charge in [0.2, 0.25) is 0 Å². The molecule has 1 fully saturated rings. The van der Waals surface area contributed by atoms with Crippen LogP contribution >= 0.6 is 0 Å². The molecule has 1 aliphatic rings. The summed E-state index contributed by atoms with van der Waals surface area (Å²) < 4.78 is 0. The molecule has 102 valence electrons. The number of nitrogens with zero attached hydrogens (tertiary/aromatic N) is 2. The number of rotatable bonds is 9. The van der Waals surface area contributed by atoms with Crippen molar-refractivity contribution in [2.24, 2.45) is 11.8 Å². The lowest BCUT2D eigenvalue weighted by atomic mass is 10.1. The Kier molecular flexibility index (Phi) is 6.45. The predicted molar refractivity (Wildman–Crippen MR) is 75.4 cm³/mol. The molecule has 0 spiro atoms. The van der Waals surface area contributed by atoms with Gasteiger partial charge in [-0.1, -0.05) is 13.8 Å². The van der Waals surface area contributed by atoms with E-state index in [4.69, 9.17) is 0 Å². The van der Waals surface area contributed by atoms with Gasteiger partial charge in [-0.25, -0.2) is 0 Å².